The van der Waals surface area contributed by atoms with Gasteiger partial charge in [-0.2, -0.15) is 0 Å². The largest absolute Gasteiger partial charge is 0.481 e. The lowest BCUT2D eigenvalue weighted by atomic mass is 10.1. The highest BCUT2D eigenvalue weighted by Gasteiger charge is 2.40. The third kappa shape index (κ3) is 6.64. The average Bonchev–Trinajstić information content (AvgIpc) is 3.12. The average molecular weight is 432 g/mol. The van der Waals surface area contributed by atoms with E-state index in [0.717, 1.165) is 4.90 Å². The fraction of sp³-hybridized carbons (Fsp3) is 0.706. The molecule has 13 heteroatoms. The van der Waals surface area contributed by atoms with Gasteiger partial charge in [-0.25, -0.2) is 4.79 Å². The van der Waals surface area contributed by atoms with Crippen molar-refractivity contribution in [3.8, 4) is 0 Å². The number of carboxylic acids is 2. The number of aliphatic carboxylic acids is 2. The molecule has 1 rings (SSSR count). The minimum Gasteiger partial charge on any atom is -0.481 e. The van der Waals surface area contributed by atoms with E-state index in [1.165, 1.54) is 13.8 Å². The molecule has 0 aromatic rings. The molecule has 0 aliphatic carbocycles. The first-order valence-electron chi connectivity index (χ1n) is 9.34. The zero-order valence-corrected chi connectivity index (χ0v) is 16.6. The number of nitrogens with zero attached hydrogens (tertiary/aromatic N) is 1. The normalized spacial score (nSPS) is 21.1. The van der Waals surface area contributed by atoms with Crippen molar-refractivity contribution in [2.45, 2.75) is 69.5 Å². The summed E-state index contributed by atoms with van der Waals surface area (Å²) >= 11 is 0. The van der Waals surface area contributed by atoms with Gasteiger partial charge < -0.3 is 41.7 Å². The maximum atomic E-state index is 12.7. The van der Waals surface area contributed by atoms with Crippen LogP contribution in [0.5, 0.6) is 0 Å². The molecule has 8 N–H and O–H groups in total. The van der Waals surface area contributed by atoms with Crippen LogP contribution in [0.2, 0.25) is 0 Å². The molecule has 0 aromatic heterocycles. The van der Waals surface area contributed by atoms with E-state index in [4.69, 9.17) is 10.8 Å². The highest BCUT2D eigenvalue weighted by molar-refractivity contribution is 5.95. The van der Waals surface area contributed by atoms with Gasteiger partial charge in [0.1, 0.15) is 18.1 Å². The van der Waals surface area contributed by atoms with Crippen molar-refractivity contribution >= 4 is 29.7 Å². The number of aliphatic hydroxyl groups excluding tert-OH is 2. The number of carbonyl (C=O) groups excluding carboxylic acids is 3. The van der Waals surface area contributed by atoms with E-state index in [-0.39, 0.29) is 13.0 Å². The SMILES string of the molecule is CC(O)C(NC(=O)C(N)CC(=O)O)C(=O)NC(C(=O)N1CCCC1C(=O)O)C(C)O. The molecular formula is C17H28N4O9. The van der Waals surface area contributed by atoms with E-state index in [2.05, 4.69) is 10.6 Å². The Kier molecular flexibility index (Phi) is 9.14. The minimum atomic E-state index is -1.60. The van der Waals surface area contributed by atoms with Crippen LogP contribution in [0, 0.1) is 0 Å². The summed E-state index contributed by atoms with van der Waals surface area (Å²) in [5.41, 5.74) is 5.43. The predicted octanol–water partition coefficient (Wildman–Crippen LogP) is -3.40. The third-order valence-electron chi connectivity index (χ3n) is 4.66. The molecule has 0 spiro atoms. The molecular weight excluding hydrogens is 404 g/mol. The van der Waals surface area contributed by atoms with Gasteiger partial charge in [-0.15, -0.1) is 0 Å². The molecule has 170 valence electrons. The van der Waals surface area contributed by atoms with Crippen molar-refractivity contribution in [3.05, 3.63) is 0 Å². The predicted molar refractivity (Wildman–Crippen MR) is 99.8 cm³/mol. The topological polar surface area (TPSA) is 220 Å². The van der Waals surface area contributed by atoms with Gasteiger partial charge in [0.25, 0.3) is 0 Å². The summed E-state index contributed by atoms with van der Waals surface area (Å²) in [5.74, 6) is -5.41. The number of nitrogens with one attached hydrogen (secondary N) is 2. The summed E-state index contributed by atoms with van der Waals surface area (Å²) in [4.78, 5) is 60.3. The molecule has 0 radical (unpaired) electrons. The zero-order chi connectivity index (χ0) is 23.2. The number of hydrogen-bond acceptors (Lipinski definition) is 8. The first kappa shape index (κ1) is 25.3. The number of hydrogen-bond donors (Lipinski definition) is 7. The van der Waals surface area contributed by atoms with E-state index in [0.29, 0.717) is 6.42 Å². The maximum Gasteiger partial charge on any atom is 0.326 e. The van der Waals surface area contributed by atoms with Gasteiger partial charge in [-0.1, -0.05) is 0 Å². The summed E-state index contributed by atoms with van der Waals surface area (Å²) in [6.07, 6.45) is -2.89. The summed E-state index contributed by atoms with van der Waals surface area (Å²) in [6, 6.07) is -5.69. The number of aliphatic hydroxyl groups is 2. The van der Waals surface area contributed by atoms with Crippen molar-refractivity contribution < 1.29 is 44.4 Å². The van der Waals surface area contributed by atoms with E-state index >= 15 is 0 Å². The van der Waals surface area contributed by atoms with Crippen molar-refractivity contribution in [2.75, 3.05) is 6.54 Å². The lowest BCUT2D eigenvalue weighted by molar-refractivity contribution is -0.151. The van der Waals surface area contributed by atoms with E-state index in [9.17, 15) is 39.3 Å². The lowest BCUT2D eigenvalue weighted by Crippen LogP contribution is -2.62. The van der Waals surface area contributed by atoms with Crippen LogP contribution >= 0.6 is 0 Å². The van der Waals surface area contributed by atoms with Gasteiger partial charge in [0.05, 0.1) is 24.7 Å². The fourth-order valence-electron chi connectivity index (χ4n) is 3.04. The molecule has 3 amide bonds. The van der Waals surface area contributed by atoms with Crippen LogP contribution in [0.25, 0.3) is 0 Å². The minimum absolute atomic E-state index is 0.134. The van der Waals surface area contributed by atoms with Crippen molar-refractivity contribution in [3.63, 3.8) is 0 Å². The molecule has 1 fully saturated rings. The van der Waals surface area contributed by atoms with Crippen molar-refractivity contribution in [1.82, 2.24) is 15.5 Å². The molecule has 6 atom stereocenters. The number of rotatable bonds is 10. The lowest BCUT2D eigenvalue weighted by Gasteiger charge is -2.30. The second kappa shape index (κ2) is 10.8. The molecule has 0 bridgehead atoms. The van der Waals surface area contributed by atoms with E-state index in [1.54, 1.807) is 0 Å². The van der Waals surface area contributed by atoms with Crippen LogP contribution < -0.4 is 16.4 Å². The smallest absolute Gasteiger partial charge is 0.326 e. The van der Waals surface area contributed by atoms with Crippen LogP contribution in [-0.2, 0) is 24.0 Å². The van der Waals surface area contributed by atoms with E-state index in [1.807, 2.05) is 0 Å². The quantitative estimate of drug-likeness (QED) is 0.181. The Morgan fingerprint density at radius 2 is 1.53 bits per heavy atom. The summed E-state index contributed by atoms with van der Waals surface area (Å²) in [7, 11) is 0. The molecule has 0 saturated carbocycles. The monoisotopic (exact) mass is 432 g/mol. The summed E-state index contributed by atoms with van der Waals surface area (Å²) < 4.78 is 0. The van der Waals surface area contributed by atoms with Gasteiger partial charge in [0.15, 0.2) is 0 Å². The molecule has 30 heavy (non-hydrogen) atoms. The number of nitrogens with two attached hydrogens (primary N) is 1. The number of likely N-dealkylation sites (tertiary alicyclic amines) is 1. The Labute approximate surface area is 172 Å². The Bertz CT molecular complexity index is 682. The van der Waals surface area contributed by atoms with E-state index < -0.39 is 72.5 Å². The number of amides is 3. The number of carbonyl (C=O) groups is 5. The van der Waals surface area contributed by atoms with Crippen LogP contribution in [0.15, 0.2) is 0 Å². The van der Waals surface area contributed by atoms with Gasteiger partial charge >= 0.3 is 11.9 Å². The Morgan fingerprint density at radius 1 is 1.00 bits per heavy atom. The maximum absolute atomic E-state index is 12.7. The van der Waals surface area contributed by atoms with Crippen LogP contribution in [0.1, 0.15) is 33.1 Å². The molecule has 1 saturated heterocycles. The Morgan fingerprint density at radius 3 is 2.00 bits per heavy atom. The molecule has 1 aliphatic heterocycles. The van der Waals surface area contributed by atoms with Crippen LogP contribution in [-0.4, -0.2) is 97.9 Å². The molecule has 1 heterocycles. The van der Waals surface area contributed by atoms with Gasteiger partial charge in [0, 0.05) is 6.54 Å². The van der Waals surface area contributed by atoms with Crippen molar-refractivity contribution in [1.29, 1.82) is 0 Å². The second-order valence-corrected chi connectivity index (χ2v) is 7.19. The fourth-order valence-corrected chi connectivity index (χ4v) is 3.04. The van der Waals surface area contributed by atoms with Gasteiger partial charge in [-0.3, -0.25) is 19.2 Å². The zero-order valence-electron chi connectivity index (χ0n) is 16.6. The third-order valence-corrected chi connectivity index (χ3v) is 4.66. The Hall–Kier alpha value is -2.77. The molecule has 0 aromatic carbocycles. The standard InChI is InChI=1S/C17H28N4O9/c1-7(22)12(19-14(26)9(18)6-11(24)25)15(27)20-13(8(2)23)16(28)21-5-3-4-10(21)17(29)30/h7-10,12-13,22-23H,3-6,18H2,1-2H3,(H,19,26)(H,20,27)(H,24,25)(H,29,30). The number of carboxylic acid groups (broad SMARTS) is 2. The Balaban J connectivity index is 2.93. The summed E-state index contributed by atoms with van der Waals surface area (Å²) in [6.45, 7) is 2.52. The van der Waals surface area contributed by atoms with Crippen LogP contribution in [0.4, 0.5) is 0 Å². The first-order valence-corrected chi connectivity index (χ1v) is 9.34. The highest BCUT2D eigenvalue weighted by Crippen LogP contribution is 2.19. The van der Waals surface area contributed by atoms with Crippen molar-refractivity contribution in [2.24, 2.45) is 5.73 Å². The molecule has 1 aliphatic rings. The van der Waals surface area contributed by atoms with Gasteiger partial charge in [-0.05, 0) is 26.7 Å². The van der Waals surface area contributed by atoms with Gasteiger partial charge in [0.2, 0.25) is 17.7 Å². The highest BCUT2D eigenvalue weighted by atomic mass is 16.4. The first-order chi connectivity index (χ1) is 13.9. The molecule has 6 unspecified atom stereocenters. The van der Waals surface area contributed by atoms with Crippen LogP contribution in [0.3, 0.4) is 0 Å². The summed E-state index contributed by atoms with van der Waals surface area (Å²) in [5, 5.41) is 42.1. The second-order valence-electron chi connectivity index (χ2n) is 7.19. The molecule has 13 nitrogen and oxygen atoms in total.